The number of alkyl halides is 2. The Kier molecular flexibility index (Phi) is 7.51. The molecule has 1 aromatic carbocycles. The number of primary amides is 1. The van der Waals surface area contributed by atoms with Crippen LogP contribution in [0.2, 0.25) is 0 Å². The normalized spacial score (nSPS) is 13.0. The molecule has 0 spiro atoms. The van der Waals surface area contributed by atoms with Crippen LogP contribution in [0.15, 0.2) is 30.5 Å². The predicted molar refractivity (Wildman–Crippen MR) is 117 cm³/mol. The van der Waals surface area contributed by atoms with Crippen LogP contribution in [0.4, 0.5) is 22.4 Å². The number of carbonyl (C=O) groups excluding carboxylic acids is 2. The topological polar surface area (TPSA) is 108 Å². The van der Waals surface area contributed by atoms with Crippen LogP contribution in [0.5, 0.6) is 5.75 Å². The molecule has 8 nitrogen and oxygen atoms in total. The predicted octanol–water partition coefficient (Wildman–Crippen LogP) is 4.43. The zero-order valence-electron chi connectivity index (χ0n) is 19.2. The first-order valence-corrected chi connectivity index (χ1v) is 10.6. The maximum absolute atomic E-state index is 14.0. The molecule has 3 aromatic rings. The number of imidazole rings is 1. The van der Waals surface area contributed by atoms with Crippen LogP contribution in [-0.4, -0.2) is 33.5 Å². The van der Waals surface area contributed by atoms with Gasteiger partial charge >= 0.3 is 6.09 Å². The lowest BCUT2D eigenvalue weighted by Crippen LogP contribution is -2.45. The number of carbonyl (C=O) groups is 2. The maximum atomic E-state index is 14.0. The van der Waals surface area contributed by atoms with Gasteiger partial charge in [0.15, 0.2) is 11.4 Å². The molecule has 0 saturated carbocycles. The Bertz CT molecular complexity index is 1240. The Morgan fingerprint density at radius 3 is 2.49 bits per heavy atom. The van der Waals surface area contributed by atoms with Crippen LogP contribution in [-0.2, 0) is 11.3 Å². The number of rotatable bonds is 9. The third kappa shape index (κ3) is 5.64. The van der Waals surface area contributed by atoms with Crippen LogP contribution in [0.3, 0.4) is 0 Å². The van der Waals surface area contributed by atoms with Crippen LogP contribution >= 0.6 is 0 Å². The number of aromatic nitrogens is 2. The smallest absolute Gasteiger partial charge is 0.405 e. The first-order valence-electron chi connectivity index (χ1n) is 10.6. The number of hydrogen-bond donors (Lipinski definition) is 2. The van der Waals surface area contributed by atoms with E-state index in [2.05, 4.69) is 10.3 Å². The number of halogens is 4. The van der Waals surface area contributed by atoms with Gasteiger partial charge in [0.1, 0.15) is 29.5 Å². The Balaban J connectivity index is 1.97. The second-order valence-electron chi connectivity index (χ2n) is 8.07. The van der Waals surface area contributed by atoms with Crippen LogP contribution in [0, 0.1) is 18.6 Å². The van der Waals surface area contributed by atoms with Crippen molar-refractivity contribution in [3.8, 4) is 5.75 Å². The summed E-state index contributed by atoms with van der Waals surface area (Å²) in [4.78, 5) is 28.4. The molecule has 3 rings (SSSR count). The number of aryl methyl sites for hydroxylation is 1. The summed E-state index contributed by atoms with van der Waals surface area (Å²) in [5, 5.41) is 2.60. The SMILES string of the molecule is CCC(C)(CNC(=O)c1c(C)nc2c(OCc3c(F)cccc3F)cc(C(F)F)cn12)OC(N)=O. The molecule has 1 atom stereocenters. The number of hydrogen-bond acceptors (Lipinski definition) is 5. The molecular formula is C23H24F4N4O4. The zero-order valence-corrected chi connectivity index (χ0v) is 19.2. The lowest BCUT2D eigenvalue weighted by atomic mass is 10.0. The number of fused-ring (bicyclic) bond motifs is 1. The summed E-state index contributed by atoms with van der Waals surface area (Å²) in [6.07, 6.45) is -2.57. The van der Waals surface area contributed by atoms with Gasteiger partial charge in [-0.25, -0.2) is 27.3 Å². The van der Waals surface area contributed by atoms with E-state index >= 15 is 0 Å². The third-order valence-corrected chi connectivity index (χ3v) is 5.50. The largest absolute Gasteiger partial charge is 0.485 e. The summed E-state index contributed by atoms with van der Waals surface area (Å²) < 4.78 is 66.8. The van der Waals surface area contributed by atoms with Gasteiger partial charge in [0.05, 0.1) is 17.8 Å². The van der Waals surface area contributed by atoms with E-state index in [1.54, 1.807) is 13.8 Å². The second-order valence-corrected chi connectivity index (χ2v) is 8.07. The summed E-state index contributed by atoms with van der Waals surface area (Å²) in [5.41, 5.74) is 3.22. The number of nitrogens with two attached hydrogens (primary N) is 1. The second kappa shape index (κ2) is 10.2. The lowest BCUT2D eigenvalue weighted by Gasteiger charge is -2.27. The van der Waals surface area contributed by atoms with E-state index in [1.807, 2.05) is 0 Å². The number of ether oxygens (including phenoxy) is 2. The minimum atomic E-state index is -2.93. The quantitative estimate of drug-likeness (QED) is 0.426. The van der Waals surface area contributed by atoms with E-state index in [0.717, 1.165) is 28.8 Å². The standard InChI is InChI=1S/C23H24F4N4O4/c1-4-23(3,35-22(28)33)11-29-21(32)18-12(2)30-20-17(8-13(19(26)27)9-31(18)20)34-10-14-15(24)6-5-7-16(14)25/h5-9,19H,4,10-11H2,1-3H3,(H2,28,33)(H,29,32). The molecule has 0 saturated heterocycles. The number of nitrogens with one attached hydrogen (secondary N) is 1. The summed E-state index contributed by atoms with van der Waals surface area (Å²) in [7, 11) is 0. The molecule has 2 heterocycles. The van der Waals surface area contributed by atoms with Gasteiger partial charge in [-0.2, -0.15) is 0 Å². The molecule has 12 heteroatoms. The fourth-order valence-corrected chi connectivity index (χ4v) is 3.39. The van der Waals surface area contributed by atoms with Crippen molar-refractivity contribution in [3.05, 3.63) is 64.6 Å². The molecule has 2 aromatic heterocycles. The van der Waals surface area contributed by atoms with E-state index in [4.69, 9.17) is 15.2 Å². The highest BCUT2D eigenvalue weighted by molar-refractivity contribution is 5.95. The molecule has 0 fully saturated rings. The molecule has 1 unspecified atom stereocenters. The van der Waals surface area contributed by atoms with Crippen LogP contribution in [0.1, 0.15) is 54.0 Å². The van der Waals surface area contributed by atoms with Crippen molar-refractivity contribution in [1.29, 1.82) is 0 Å². The third-order valence-electron chi connectivity index (χ3n) is 5.50. The van der Waals surface area contributed by atoms with Crippen LogP contribution < -0.4 is 15.8 Å². The Morgan fingerprint density at radius 1 is 1.26 bits per heavy atom. The molecule has 0 radical (unpaired) electrons. The maximum Gasteiger partial charge on any atom is 0.405 e. The van der Waals surface area contributed by atoms with E-state index < -0.39 is 47.8 Å². The molecule has 0 aliphatic heterocycles. The highest BCUT2D eigenvalue weighted by atomic mass is 19.3. The molecule has 35 heavy (non-hydrogen) atoms. The van der Waals surface area contributed by atoms with Gasteiger partial charge in [-0.15, -0.1) is 0 Å². The molecular weight excluding hydrogens is 472 g/mol. The Labute approximate surface area is 198 Å². The van der Waals surface area contributed by atoms with Crippen molar-refractivity contribution < 1.29 is 36.6 Å². The number of amides is 2. The number of pyridine rings is 1. The summed E-state index contributed by atoms with van der Waals surface area (Å²) >= 11 is 0. The van der Waals surface area contributed by atoms with Crippen molar-refractivity contribution in [2.24, 2.45) is 5.73 Å². The summed E-state index contributed by atoms with van der Waals surface area (Å²) in [6, 6.07) is 4.27. The molecule has 0 aliphatic rings. The molecule has 0 bridgehead atoms. The molecule has 3 N–H and O–H groups in total. The Morgan fingerprint density at radius 2 is 1.91 bits per heavy atom. The van der Waals surface area contributed by atoms with Gasteiger partial charge in [0.25, 0.3) is 12.3 Å². The van der Waals surface area contributed by atoms with E-state index in [0.29, 0.717) is 6.42 Å². The van der Waals surface area contributed by atoms with Crippen molar-refractivity contribution in [2.75, 3.05) is 6.54 Å². The first kappa shape index (κ1) is 25.8. The zero-order chi connectivity index (χ0) is 25.9. The van der Waals surface area contributed by atoms with E-state index in [1.165, 1.54) is 13.0 Å². The van der Waals surface area contributed by atoms with Crippen molar-refractivity contribution in [1.82, 2.24) is 14.7 Å². The van der Waals surface area contributed by atoms with Crippen molar-refractivity contribution >= 4 is 17.6 Å². The van der Waals surface area contributed by atoms with Gasteiger partial charge in [-0.05, 0) is 38.5 Å². The summed E-state index contributed by atoms with van der Waals surface area (Å²) in [5.74, 6) is -2.59. The van der Waals surface area contributed by atoms with Crippen LogP contribution in [0.25, 0.3) is 5.65 Å². The minimum Gasteiger partial charge on any atom is -0.485 e. The van der Waals surface area contributed by atoms with Gasteiger partial charge in [0, 0.05) is 11.8 Å². The van der Waals surface area contributed by atoms with E-state index in [-0.39, 0.29) is 34.9 Å². The van der Waals surface area contributed by atoms with Crippen molar-refractivity contribution in [3.63, 3.8) is 0 Å². The van der Waals surface area contributed by atoms with Gasteiger partial charge in [0.2, 0.25) is 0 Å². The lowest BCUT2D eigenvalue weighted by molar-refractivity contribution is 0.0274. The first-order chi connectivity index (χ1) is 16.5. The highest BCUT2D eigenvalue weighted by Crippen LogP contribution is 2.30. The monoisotopic (exact) mass is 496 g/mol. The fraction of sp³-hybridized carbons (Fsp3) is 0.348. The average molecular weight is 496 g/mol. The minimum absolute atomic E-state index is 0.000404. The Hall–Kier alpha value is -3.83. The molecule has 0 aliphatic carbocycles. The van der Waals surface area contributed by atoms with Gasteiger partial charge < -0.3 is 20.5 Å². The highest BCUT2D eigenvalue weighted by Gasteiger charge is 2.29. The number of benzene rings is 1. The van der Waals surface area contributed by atoms with Gasteiger partial charge in [-0.1, -0.05) is 13.0 Å². The van der Waals surface area contributed by atoms with Crippen molar-refractivity contribution in [2.45, 2.75) is 45.8 Å². The van der Waals surface area contributed by atoms with Gasteiger partial charge in [-0.3, -0.25) is 9.20 Å². The average Bonchev–Trinajstić information content (AvgIpc) is 3.12. The molecule has 188 valence electrons. The molecule has 2 amide bonds. The fourth-order valence-electron chi connectivity index (χ4n) is 3.39. The number of nitrogens with zero attached hydrogens (tertiary/aromatic N) is 2. The van der Waals surface area contributed by atoms with E-state index in [9.17, 15) is 27.2 Å². The summed E-state index contributed by atoms with van der Waals surface area (Å²) in [6.45, 7) is 4.09.